The van der Waals surface area contributed by atoms with E-state index < -0.39 is 8.32 Å². The molecule has 1 heterocycles. The number of rotatable bonds is 12. The van der Waals surface area contributed by atoms with Crippen LogP contribution in [0.25, 0.3) is 0 Å². The highest BCUT2D eigenvalue weighted by molar-refractivity contribution is 6.77. The molecule has 1 fully saturated rings. The smallest absolute Gasteiger partial charge is 0.416 e. The van der Waals surface area contributed by atoms with Gasteiger partial charge in [-0.1, -0.05) is 41.5 Å². The van der Waals surface area contributed by atoms with Crippen molar-refractivity contribution in [1.29, 1.82) is 0 Å². The lowest BCUT2D eigenvalue weighted by Gasteiger charge is -2.43. The van der Waals surface area contributed by atoms with E-state index in [1.165, 1.54) is 0 Å². The zero-order valence-corrected chi connectivity index (χ0v) is 19.3. The molecule has 0 aromatic carbocycles. The number of unbranched alkanes of at least 4 members (excludes halogenated alkanes) is 3. The molecule has 0 aromatic heterocycles. The van der Waals surface area contributed by atoms with Gasteiger partial charge in [-0.05, 0) is 54.5 Å². The fourth-order valence-electron chi connectivity index (χ4n) is 4.13. The molecule has 0 N–H and O–H groups in total. The first-order valence-electron chi connectivity index (χ1n) is 10.3. The quantitative estimate of drug-likeness (QED) is 0.224. The Kier molecular flexibility index (Phi) is 9.98. The first-order valence-corrected chi connectivity index (χ1v) is 12.4. The lowest BCUT2D eigenvalue weighted by atomic mass is 10.2. The van der Waals surface area contributed by atoms with Crippen LogP contribution in [-0.4, -0.2) is 39.6 Å². The number of hydrogen-bond acceptors (Lipinski definition) is 4. The molecule has 1 rings (SSSR count). The van der Waals surface area contributed by atoms with E-state index in [1.807, 2.05) is 6.08 Å². The average molecular weight is 398 g/mol. The third-order valence-corrected chi connectivity index (χ3v) is 11.4. The summed E-state index contributed by atoms with van der Waals surface area (Å²) in [6.45, 7) is 14.6. The highest BCUT2D eigenvalue weighted by Gasteiger charge is 2.48. The number of hydrogen-bond donors (Lipinski definition) is 0. The third kappa shape index (κ3) is 6.30. The van der Waals surface area contributed by atoms with Crippen molar-refractivity contribution < 1.29 is 18.7 Å². The van der Waals surface area contributed by atoms with E-state index in [0.29, 0.717) is 35.7 Å². The highest BCUT2D eigenvalue weighted by Crippen LogP contribution is 2.44. The van der Waals surface area contributed by atoms with Crippen LogP contribution in [0.1, 0.15) is 67.2 Å². The predicted molar refractivity (Wildman–Crippen MR) is 113 cm³/mol. The fourth-order valence-corrected chi connectivity index (χ4v) is 9.39. The summed E-state index contributed by atoms with van der Waals surface area (Å²) in [6.07, 6.45) is 9.57. The van der Waals surface area contributed by atoms with E-state index in [0.717, 1.165) is 25.7 Å². The van der Waals surface area contributed by atoms with Gasteiger partial charge in [0.1, 0.15) is 6.61 Å². The average Bonchev–Trinajstić information content (AvgIpc) is 3.01. The van der Waals surface area contributed by atoms with Crippen LogP contribution in [0.5, 0.6) is 0 Å². The summed E-state index contributed by atoms with van der Waals surface area (Å²) in [6, 6.07) is 0. The lowest BCUT2D eigenvalue weighted by Crippen LogP contribution is -2.49. The van der Waals surface area contributed by atoms with Crippen LogP contribution < -0.4 is 0 Å². The summed E-state index contributed by atoms with van der Waals surface area (Å²) >= 11 is 0. The number of amides is 1. The van der Waals surface area contributed by atoms with Crippen LogP contribution in [0.15, 0.2) is 24.3 Å². The molecule has 0 saturated carbocycles. The van der Waals surface area contributed by atoms with Gasteiger partial charge < -0.3 is 13.9 Å². The molecule has 0 bridgehead atoms. The van der Waals surface area contributed by atoms with E-state index in [9.17, 15) is 4.79 Å². The number of ether oxygens (including phenoxy) is 2. The molecule has 1 amide bonds. The van der Waals surface area contributed by atoms with E-state index in [4.69, 9.17) is 13.9 Å². The minimum absolute atomic E-state index is 0.288. The van der Waals surface area contributed by atoms with E-state index in [-0.39, 0.29) is 6.09 Å². The fraction of sp³-hybridized carbons (Fsp3) is 0.762. The van der Waals surface area contributed by atoms with E-state index in [2.05, 4.69) is 47.6 Å². The second-order valence-corrected chi connectivity index (χ2v) is 13.5. The molecule has 0 spiro atoms. The molecule has 1 aliphatic rings. The summed E-state index contributed by atoms with van der Waals surface area (Å²) in [5, 5.41) is 0. The third-order valence-electron chi connectivity index (χ3n) is 5.39. The molecule has 0 radical (unpaired) electrons. The van der Waals surface area contributed by atoms with Gasteiger partial charge in [-0.2, -0.15) is 0 Å². The van der Waals surface area contributed by atoms with Gasteiger partial charge in [0.15, 0.2) is 5.88 Å². The summed E-state index contributed by atoms with van der Waals surface area (Å²) < 4.78 is 16.9. The predicted octanol–water partition coefficient (Wildman–Crippen LogP) is 6.19. The molecule has 5 nitrogen and oxygen atoms in total. The van der Waals surface area contributed by atoms with E-state index >= 15 is 0 Å². The van der Waals surface area contributed by atoms with Gasteiger partial charge in [0.2, 0.25) is 0 Å². The standard InChI is InChI=1S/C21H39NO4Si/c1-17(2)27(18(3)4,19(5)6)26-20(22-14-16-25-21(22)23)13-11-9-8-10-12-15-24-7/h12-13,15,17-19H,8-11,14,16H2,1-7H3/b15-12+,20-13-. The van der Waals surface area contributed by atoms with Gasteiger partial charge in [0.25, 0.3) is 8.32 Å². The van der Waals surface area contributed by atoms with Gasteiger partial charge >= 0.3 is 6.09 Å². The Morgan fingerprint density at radius 1 is 1.11 bits per heavy atom. The summed E-state index contributed by atoms with van der Waals surface area (Å²) in [4.78, 5) is 13.9. The van der Waals surface area contributed by atoms with Crippen LogP contribution in [0, 0.1) is 0 Å². The topological polar surface area (TPSA) is 48.0 Å². The number of methoxy groups -OCH3 is 1. The zero-order chi connectivity index (χ0) is 20.4. The second kappa shape index (κ2) is 11.4. The van der Waals surface area contributed by atoms with Crippen LogP contribution in [0.2, 0.25) is 16.6 Å². The Labute approximate surface area is 166 Å². The van der Waals surface area contributed by atoms with Gasteiger partial charge in [0, 0.05) is 0 Å². The normalized spacial score (nSPS) is 16.1. The number of allylic oxidation sites excluding steroid dienone is 2. The van der Waals surface area contributed by atoms with Crippen LogP contribution >= 0.6 is 0 Å². The Bertz CT molecular complexity index is 493. The van der Waals surface area contributed by atoms with Crippen molar-refractivity contribution in [3.05, 3.63) is 24.3 Å². The maximum absolute atomic E-state index is 12.2. The molecule has 27 heavy (non-hydrogen) atoms. The van der Waals surface area contributed by atoms with Crippen LogP contribution in [-0.2, 0) is 13.9 Å². The maximum Gasteiger partial charge on any atom is 0.416 e. The maximum atomic E-state index is 12.2. The van der Waals surface area contributed by atoms with Crippen molar-refractivity contribution in [2.24, 2.45) is 0 Å². The van der Waals surface area contributed by atoms with Gasteiger partial charge in [-0.25, -0.2) is 9.69 Å². The van der Waals surface area contributed by atoms with Crippen molar-refractivity contribution in [3.63, 3.8) is 0 Å². The zero-order valence-electron chi connectivity index (χ0n) is 18.3. The molecule has 0 aromatic rings. The molecule has 0 aliphatic carbocycles. The SMILES string of the molecule is CO/C=C/CCCC/C=C(\O[Si](C(C)C)(C(C)C)C(C)C)N1CCOC1=O. The first-order chi connectivity index (χ1) is 12.8. The molecule has 0 unspecified atom stereocenters. The molecule has 0 atom stereocenters. The van der Waals surface area contributed by atoms with Crippen molar-refractivity contribution in [1.82, 2.24) is 4.90 Å². The Morgan fingerprint density at radius 2 is 1.70 bits per heavy atom. The number of nitrogens with zero attached hydrogens (tertiary/aromatic N) is 1. The monoisotopic (exact) mass is 397 g/mol. The van der Waals surface area contributed by atoms with Gasteiger partial charge in [0.05, 0.1) is 19.9 Å². The number of cyclic esters (lactones) is 1. The molecule has 156 valence electrons. The van der Waals surface area contributed by atoms with Gasteiger partial charge in [-0.3, -0.25) is 0 Å². The first kappa shape index (κ1) is 23.6. The number of carbonyl (C=O) groups excluding carboxylic acids is 1. The number of carbonyl (C=O) groups is 1. The van der Waals surface area contributed by atoms with Crippen LogP contribution in [0.3, 0.4) is 0 Å². The van der Waals surface area contributed by atoms with E-state index in [1.54, 1.807) is 18.3 Å². The van der Waals surface area contributed by atoms with Crippen molar-refractivity contribution in [2.75, 3.05) is 20.3 Å². The summed E-state index contributed by atoms with van der Waals surface area (Å²) in [5.74, 6) is 0.715. The summed E-state index contributed by atoms with van der Waals surface area (Å²) in [5.41, 5.74) is 1.37. The minimum atomic E-state index is -2.12. The molecular weight excluding hydrogens is 358 g/mol. The second-order valence-electron chi connectivity index (χ2n) is 8.12. The molecule has 6 heteroatoms. The largest absolute Gasteiger partial charge is 0.531 e. The Morgan fingerprint density at radius 3 is 2.19 bits per heavy atom. The van der Waals surface area contributed by atoms with Gasteiger partial charge in [-0.15, -0.1) is 0 Å². The minimum Gasteiger partial charge on any atom is -0.531 e. The van der Waals surface area contributed by atoms with Crippen molar-refractivity contribution in [2.45, 2.75) is 83.8 Å². The Balaban J connectivity index is 2.95. The molecular formula is C21H39NO4Si. The highest BCUT2D eigenvalue weighted by atomic mass is 28.4. The lowest BCUT2D eigenvalue weighted by molar-refractivity contribution is 0.151. The van der Waals surface area contributed by atoms with Crippen molar-refractivity contribution in [3.8, 4) is 0 Å². The molecule has 1 saturated heterocycles. The molecule has 1 aliphatic heterocycles. The van der Waals surface area contributed by atoms with Crippen LogP contribution in [0.4, 0.5) is 4.79 Å². The van der Waals surface area contributed by atoms with Crippen molar-refractivity contribution >= 4 is 14.4 Å². The summed E-state index contributed by atoms with van der Waals surface area (Å²) in [7, 11) is -0.460. The Hall–Kier alpha value is -1.43.